The van der Waals surface area contributed by atoms with Crippen molar-refractivity contribution in [3.05, 3.63) is 63.3 Å². The second kappa shape index (κ2) is 9.22. The first kappa shape index (κ1) is 23.0. The molecule has 0 aliphatic heterocycles. The van der Waals surface area contributed by atoms with Crippen molar-refractivity contribution in [3.8, 4) is 34.3 Å². The second-order valence-corrected chi connectivity index (χ2v) is 8.24. The molecule has 6 nitrogen and oxygen atoms in total. The normalized spacial score (nSPS) is 11.4. The van der Waals surface area contributed by atoms with Crippen molar-refractivity contribution in [2.75, 3.05) is 7.11 Å². The van der Waals surface area contributed by atoms with Gasteiger partial charge in [0.2, 0.25) is 5.43 Å². The molecule has 0 amide bonds. The Morgan fingerprint density at radius 3 is 2.47 bits per heavy atom. The quantitative estimate of drug-likeness (QED) is 0.425. The van der Waals surface area contributed by atoms with Crippen LogP contribution in [0.4, 0.5) is 0 Å². The molecule has 3 N–H and O–H groups in total. The topological polar surface area (TPSA) is 100 Å². The van der Waals surface area contributed by atoms with Crippen molar-refractivity contribution in [3.63, 3.8) is 0 Å². The Kier molecular flexibility index (Phi) is 6.63. The van der Waals surface area contributed by atoms with E-state index in [1.54, 1.807) is 12.1 Å². The monoisotopic (exact) mass is 436 g/mol. The fourth-order valence-electron chi connectivity index (χ4n) is 3.40. The van der Waals surface area contributed by atoms with Crippen LogP contribution in [0.3, 0.4) is 0 Å². The number of methoxy groups -OCH3 is 1. The number of aromatic hydroxyl groups is 3. The van der Waals surface area contributed by atoms with Crippen LogP contribution in [0.25, 0.3) is 28.4 Å². The van der Waals surface area contributed by atoms with Crippen LogP contribution >= 0.6 is 0 Å². The number of fused-ring (bicyclic) bond motifs is 1. The summed E-state index contributed by atoms with van der Waals surface area (Å²) >= 11 is 0. The summed E-state index contributed by atoms with van der Waals surface area (Å²) in [4.78, 5) is 13.6. The molecular formula is C26H28O6. The molecular weight excluding hydrogens is 408 g/mol. The molecule has 6 heteroatoms. The fourth-order valence-corrected chi connectivity index (χ4v) is 3.40. The summed E-state index contributed by atoms with van der Waals surface area (Å²) in [6.45, 7) is 7.84. The van der Waals surface area contributed by atoms with E-state index in [-0.39, 0.29) is 51.9 Å². The standard InChI is InChI=1S/C26H28O6/c1-14(2)6-9-18-21(31-5)13-22-23(24(18)29)25(30)19(10-7-15(3)4)26(32-22)17-11-8-16(27)12-20(17)28/h6-9,11-14,27-29H,10H2,1-5H3/b9-6+. The molecule has 0 aliphatic carbocycles. The van der Waals surface area contributed by atoms with Crippen LogP contribution in [0.5, 0.6) is 23.0 Å². The van der Waals surface area contributed by atoms with Gasteiger partial charge >= 0.3 is 0 Å². The van der Waals surface area contributed by atoms with Crippen LogP contribution in [0.15, 0.2) is 51.2 Å². The highest BCUT2D eigenvalue weighted by molar-refractivity contribution is 5.92. The summed E-state index contributed by atoms with van der Waals surface area (Å²) in [5.74, 6) is 0.210. The van der Waals surface area contributed by atoms with Crippen molar-refractivity contribution in [2.45, 2.75) is 34.1 Å². The van der Waals surface area contributed by atoms with Gasteiger partial charge in [-0.1, -0.05) is 37.6 Å². The molecule has 2 aromatic carbocycles. The molecule has 0 radical (unpaired) electrons. The molecule has 0 saturated heterocycles. The summed E-state index contributed by atoms with van der Waals surface area (Å²) in [5.41, 5.74) is 1.69. The van der Waals surface area contributed by atoms with E-state index < -0.39 is 5.43 Å². The molecule has 1 aromatic heterocycles. The summed E-state index contributed by atoms with van der Waals surface area (Å²) in [6, 6.07) is 5.63. The average Bonchev–Trinajstić information content (AvgIpc) is 2.71. The van der Waals surface area contributed by atoms with Gasteiger partial charge in [0.1, 0.15) is 39.7 Å². The maximum absolute atomic E-state index is 13.6. The van der Waals surface area contributed by atoms with Gasteiger partial charge in [-0.15, -0.1) is 0 Å². The lowest BCUT2D eigenvalue weighted by Gasteiger charge is -2.14. The van der Waals surface area contributed by atoms with Crippen molar-refractivity contribution < 1.29 is 24.5 Å². The van der Waals surface area contributed by atoms with Gasteiger partial charge in [0, 0.05) is 17.7 Å². The second-order valence-electron chi connectivity index (χ2n) is 8.24. The highest BCUT2D eigenvalue weighted by Crippen LogP contribution is 2.40. The Morgan fingerprint density at radius 1 is 1.16 bits per heavy atom. The highest BCUT2D eigenvalue weighted by atomic mass is 16.5. The SMILES string of the molecule is COc1cc2oc(-c3ccc(O)cc3O)c(CC=C(C)C)c(=O)c2c(O)c1/C=C/C(C)C. The number of phenols is 3. The molecule has 0 saturated carbocycles. The summed E-state index contributed by atoms with van der Waals surface area (Å²) in [7, 11) is 1.47. The first-order chi connectivity index (χ1) is 15.1. The van der Waals surface area contributed by atoms with Gasteiger partial charge in [0.15, 0.2) is 0 Å². The third-order valence-corrected chi connectivity index (χ3v) is 5.06. The smallest absolute Gasteiger partial charge is 0.200 e. The van der Waals surface area contributed by atoms with Crippen LogP contribution in [-0.4, -0.2) is 22.4 Å². The largest absolute Gasteiger partial charge is 0.508 e. The molecule has 3 aromatic rings. The van der Waals surface area contributed by atoms with Gasteiger partial charge < -0.3 is 24.5 Å². The number of rotatable bonds is 6. The first-order valence-corrected chi connectivity index (χ1v) is 10.4. The third kappa shape index (κ3) is 4.49. The Hall–Kier alpha value is -3.67. The molecule has 0 fully saturated rings. The van der Waals surface area contributed by atoms with Gasteiger partial charge in [0.05, 0.1) is 18.2 Å². The molecule has 168 valence electrons. The highest BCUT2D eigenvalue weighted by Gasteiger charge is 2.23. The minimum Gasteiger partial charge on any atom is -0.508 e. The molecule has 32 heavy (non-hydrogen) atoms. The lowest BCUT2D eigenvalue weighted by molar-refractivity contribution is 0.406. The van der Waals surface area contributed by atoms with Crippen molar-refractivity contribution in [2.24, 2.45) is 5.92 Å². The predicted molar refractivity (Wildman–Crippen MR) is 126 cm³/mol. The van der Waals surface area contributed by atoms with Crippen LogP contribution in [0.1, 0.15) is 38.8 Å². The van der Waals surface area contributed by atoms with Gasteiger partial charge in [-0.05, 0) is 38.3 Å². The maximum Gasteiger partial charge on any atom is 0.200 e. The Morgan fingerprint density at radius 2 is 1.88 bits per heavy atom. The maximum atomic E-state index is 13.6. The first-order valence-electron chi connectivity index (χ1n) is 10.4. The van der Waals surface area contributed by atoms with Crippen LogP contribution < -0.4 is 10.2 Å². The molecule has 1 heterocycles. The van der Waals surface area contributed by atoms with E-state index in [4.69, 9.17) is 9.15 Å². The van der Waals surface area contributed by atoms with E-state index in [0.29, 0.717) is 16.9 Å². The number of phenolic OH excluding ortho intramolecular Hbond substituents is 3. The van der Waals surface area contributed by atoms with Gasteiger partial charge in [0.25, 0.3) is 0 Å². The fraction of sp³-hybridized carbons (Fsp3) is 0.269. The Bertz CT molecular complexity index is 1270. The molecule has 3 rings (SSSR count). The van der Waals surface area contributed by atoms with E-state index in [0.717, 1.165) is 5.57 Å². The number of hydrogen-bond donors (Lipinski definition) is 3. The van der Waals surface area contributed by atoms with Crippen LogP contribution in [0, 0.1) is 5.92 Å². The number of hydrogen-bond acceptors (Lipinski definition) is 6. The molecule has 0 unspecified atom stereocenters. The van der Waals surface area contributed by atoms with Gasteiger partial charge in [-0.2, -0.15) is 0 Å². The number of allylic oxidation sites excluding steroid dienone is 3. The Balaban J connectivity index is 2.42. The number of benzene rings is 2. The molecule has 0 atom stereocenters. The van der Waals surface area contributed by atoms with Crippen molar-refractivity contribution in [1.82, 2.24) is 0 Å². The van der Waals surface area contributed by atoms with Crippen LogP contribution in [-0.2, 0) is 6.42 Å². The van der Waals surface area contributed by atoms with Gasteiger partial charge in [-0.25, -0.2) is 0 Å². The van der Waals surface area contributed by atoms with E-state index in [1.807, 2.05) is 39.8 Å². The molecule has 0 aliphatic rings. The van der Waals surface area contributed by atoms with Gasteiger partial charge in [-0.3, -0.25) is 4.79 Å². The third-order valence-electron chi connectivity index (χ3n) is 5.06. The molecule has 0 bridgehead atoms. The van der Waals surface area contributed by atoms with Crippen molar-refractivity contribution >= 4 is 17.0 Å². The van der Waals surface area contributed by atoms with E-state index in [2.05, 4.69) is 0 Å². The van der Waals surface area contributed by atoms with E-state index in [1.165, 1.54) is 25.3 Å². The zero-order valence-corrected chi connectivity index (χ0v) is 18.9. The summed E-state index contributed by atoms with van der Waals surface area (Å²) in [5, 5.41) is 31.1. The number of ether oxygens (including phenoxy) is 1. The zero-order valence-electron chi connectivity index (χ0n) is 18.9. The summed E-state index contributed by atoms with van der Waals surface area (Å²) in [6.07, 6.45) is 5.75. The minimum absolute atomic E-state index is 0.0494. The minimum atomic E-state index is -0.398. The van der Waals surface area contributed by atoms with E-state index in [9.17, 15) is 20.1 Å². The average molecular weight is 437 g/mol. The lowest BCUT2D eigenvalue weighted by atomic mass is 9.98. The zero-order chi connectivity index (χ0) is 23.6. The lowest BCUT2D eigenvalue weighted by Crippen LogP contribution is -2.12. The molecule has 0 spiro atoms. The predicted octanol–water partition coefficient (Wildman–Crippen LogP) is 5.76. The van der Waals surface area contributed by atoms with Crippen LogP contribution in [0.2, 0.25) is 0 Å². The summed E-state index contributed by atoms with van der Waals surface area (Å²) < 4.78 is 11.5. The van der Waals surface area contributed by atoms with Crippen molar-refractivity contribution in [1.29, 1.82) is 0 Å². The Labute approximate surface area is 186 Å². The van der Waals surface area contributed by atoms with E-state index >= 15 is 0 Å².